The van der Waals surface area contributed by atoms with Gasteiger partial charge in [-0.2, -0.15) is 0 Å². The first-order valence-corrected chi connectivity index (χ1v) is 5.72. The maximum absolute atomic E-state index is 11.5. The van der Waals surface area contributed by atoms with Crippen molar-refractivity contribution in [2.75, 3.05) is 27.2 Å². The first kappa shape index (κ1) is 13.0. The normalized spacial score (nSPS) is 16.7. The van der Waals surface area contributed by atoms with Crippen LogP contribution in [0.4, 0.5) is 0 Å². The van der Waals surface area contributed by atoms with Gasteiger partial charge in [0.15, 0.2) is 0 Å². The fraction of sp³-hybridized carbons (Fsp3) is 0.818. The number of hydrogen-bond donors (Lipinski definition) is 2. The molecule has 0 aromatic heterocycles. The first-order chi connectivity index (χ1) is 7.50. The van der Waals surface area contributed by atoms with E-state index in [1.807, 2.05) is 0 Å². The Kier molecular flexibility index (Phi) is 4.73. The monoisotopic (exact) mass is 227 g/mol. The number of nitrogens with one attached hydrogen (secondary N) is 2. The third-order valence-electron chi connectivity index (χ3n) is 2.60. The van der Waals surface area contributed by atoms with Gasteiger partial charge in [0.05, 0.1) is 6.54 Å². The molecule has 0 radical (unpaired) electrons. The number of likely N-dealkylation sites (N-methyl/N-ethyl adjacent to an activating group) is 1. The molecule has 1 aliphatic carbocycles. The zero-order valence-corrected chi connectivity index (χ0v) is 10.2. The lowest BCUT2D eigenvalue weighted by Gasteiger charge is -2.18. The second kappa shape index (κ2) is 5.84. The van der Waals surface area contributed by atoms with Gasteiger partial charge in [0.25, 0.3) is 0 Å². The average molecular weight is 227 g/mol. The van der Waals surface area contributed by atoms with Gasteiger partial charge >= 0.3 is 0 Å². The Morgan fingerprint density at radius 2 is 2.00 bits per heavy atom. The van der Waals surface area contributed by atoms with Gasteiger partial charge in [-0.05, 0) is 32.2 Å². The summed E-state index contributed by atoms with van der Waals surface area (Å²) in [5, 5.41) is 5.75. The van der Waals surface area contributed by atoms with E-state index >= 15 is 0 Å². The van der Waals surface area contributed by atoms with E-state index in [-0.39, 0.29) is 11.8 Å². The third kappa shape index (κ3) is 4.61. The molecule has 1 rings (SSSR count). The van der Waals surface area contributed by atoms with Crippen molar-refractivity contribution in [3.05, 3.63) is 0 Å². The molecule has 0 aliphatic heterocycles. The minimum atomic E-state index is -0.453. The number of rotatable bonds is 6. The summed E-state index contributed by atoms with van der Waals surface area (Å²) in [4.78, 5) is 24.4. The van der Waals surface area contributed by atoms with Crippen LogP contribution >= 0.6 is 0 Å². The molecular weight excluding hydrogens is 206 g/mol. The van der Waals surface area contributed by atoms with Crippen molar-refractivity contribution in [1.82, 2.24) is 15.5 Å². The van der Waals surface area contributed by atoms with Crippen molar-refractivity contribution < 1.29 is 9.59 Å². The highest BCUT2D eigenvalue weighted by Gasteiger charge is 2.21. The third-order valence-corrected chi connectivity index (χ3v) is 2.60. The molecule has 1 atom stereocenters. The summed E-state index contributed by atoms with van der Waals surface area (Å²) in [6.45, 7) is 2.89. The van der Waals surface area contributed by atoms with Gasteiger partial charge in [0.1, 0.15) is 6.04 Å². The molecule has 1 saturated carbocycles. The predicted molar refractivity (Wildman–Crippen MR) is 61.9 cm³/mol. The molecule has 2 N–H and O–H groups in total. The maximum Gasteiger partial charge on any atom is 0.244 e. The number of hydrogen-bond acceptors (Lipinski definition) is 3. The lowest BCUT2D eigenvalue weighted by atomic mass is 10.3. The van der Waals surface area contributed by atoms with Crippen LogP contribution in [0.25, 0.3) is 0 Å². The molecule has 0 aromatic rings. The fourth-order valence-corrected chi connectivity index (χ4v) is 1.45. The number of amides is 2. The minimum Gasteiger partial charge on any atom is -0.347 e. The van der Waals surface area contributed by atoms with Crippen LogP contribution in [0.2, 0.25) is 0 Å². The summed E-state index contributed by atoms with van der Waals surface area (Å²) >= 11 is 0. The molecule has 5 heteroatoms. The van der Waals surface area contributed by atoms with Gasteiger partial charge in [-0.15, -0.1) is 0 Å². The Hall–Kier alpha value is -1.10. The van der Waals surface area contributed by atoms with E-state index in [9.17, 15) is 9.59 Å². The van der Waals surface area contributed by atoms with Gasteiger partial charge in [-0.25, -0.2) is 0 Å². The molecule has 0 bridgehead atoms. The van der Waals surface area contributed by atoms with E-state index in [4.69, 9.17) is 0 Å². The van der Waals surface area contributed by atoms with Crippen molar-refractivity contribution in [2.45, 2.75) is 25.8 Å². The van der Waals surface area contributed by atoms with Crippen LogP contribution in [-0.2, 0) is 9.59 Å². The fourth-order valence-electron chi connectivity index (χ4n) is 1.45. The van der Waals surface area contributed by atoms with Crippen LogP contribution in [0.15, 0.2) is 0 Å². The SMILES string of the molecule is CC(NC(=O)CNCC1CC1)C(=O)N(C)C. The molecule has 0 spiro atoms. The Morgan fingerprint density at radius 3 is 2.50 bits per heavy atom. The molecular formula is C11H21N3O2. The molecule has 0 aromatic carbocycles. The lowest BCUT2D eigenvalue weighted by Crippen LogP contribution is -2.47. The standard InChI is InChI=1S/C11H21N3O2/c1-8(11(16)14(2)3)13-10(15)7-12-6-9-4-5-9/h8-9,12H,4-7H2,1-3H3,(H,13,15). The molecule has 1 unspecified atom stereocenters. The molecule has 2 amide bonds. The van der Waals surface area contributed by atoms with Crippen molar-refractivity contribution in [2.24, 2.45) is 5.92 Å². The summed E-state index contributed by atoms with van der Waals surface area (Å²) in [6.07, 6.45) is 2.54. The van der Waals surface area contributed by atoms with E-state index in [1.54, 1.807) is 21.0 Å². The Labute approximate surface area is 96.6 Å². The smallest absolute Gasteiger partial charge is 0.244 e. The van der Waals surface area contributed by atoms with Gasteiger partial charge in [0, 0.05) is 14.1 Å². The maximum atomic E-state index is 11.5. The van der Waals surface area contributed by atoms with Gasteiger partial charge < -0.3 is 15.5 Å². The molecule has 1 aliphatic rings. The molecule has 16 heavy (non-hydrogen) atoms. The first-order valence-electron chi connectivity index (χ1n) is 5.72. The largest absolute Gasteiger partial charge is 0.347 e. The second-order valence-corrected chi connectivity index (χ2v) is 4.60. The summed E-state index contributed by atoms with van der Waals surface area (Å²) in [7, 11) is 3.35. The lowest BCUT2D eigenvalue weighted by molar-refractivity contribution is -0.133. The van der Waals surface area contributed by atoms with Gasteiger partial charge in [0.2, 0.25) is 11.8 Å². The Bertz CT molecular complexity index is 262. The summed E-state index contributed by atoms with van der Waals surface area (Å²) in [5.41, 5.74) is 0. The van der Waals surface area contributed by atoms with Crippen molar-refractivity contribution in [3.8, 4) is 0 Å². The van der Waals surface area contributed by atoms with Gasteiger partial charge in [-0.3, -0.25) is 9.59 Å². The van der Waals surface area contributed by atoms with Crippen molar-refractivity contribution in [3.63, 3.8) is 0 Å². The number of nitrogens with zero attached hydrogens (tertiary/aromatic N) is 1. The summed E-state index contributed by atoms with van der Waals surface area (Å²) in [5.74, 6) is 0.549. The van der Waals surface area contributed by atoms with Crippen LogP contribution in [0.5, 0.6) is 0 Å². The van der Waals surface area contributed by atoms with Crippen LogP contribution in [0, 0.1) is 5.92 Å². The summed E-state index contributed by atoms with van der Waals surface area (Å²) < 4.78 is 0. The highest BCUT2D eigenvalue weighted by molar-refractivity contribution is 5.87. The average Bonchev–Trinajstić information content (AvgIpc) is 3.00. The van der Waals surface area contributed by atoms with E-state index in [0.29, 0.717) is 6.54 Å². The van der Waals surface area contributed by atoms with Crippen LogP contribution in [-0.4, -0.2) is 49.9 Å². The molecule has 0 saturated heterocycles. The highest BCUT2D eigenvalue weighted by Crippen LogP contribution is 2.27. The van der Waals surface area contributed by atoms with Crippen molar-refractivity contribution in [1.29, 1.82) is 0 Å². The van der Waals surface area contributed by atoms with Crippen molar-refractivity contribution >= 4 is 11.8 Å². The number of carbonyl (C=O) groups excluding carboxylic acids is 2. The quantitative estimate of drug-likeness (QED) is 0.648. The molecule has 1 fully saturated rings. The van der Waals surface area contributed by atoms with Crippen LogP contribution in [0.1, 0.15) is 19.8 Å². The van der Waals surface area contributed by atoms with Crippen LogP contribution in [0.3, 0.4) is 0 Å². The molecule has 92 valence electrons. The van der Waals surface area contributed by atoms with E-state index < -0.39 is 6.04 Å². The van der Waals surface area contributed by atoms with E-state index in [0.717, 1.165) is 12.5 Å². The second-order valence-electron chi connectivity index (χ2n) is 4.60. The molecule has 0 heterocycles. The topological polar surface area (TPSA) is 61.4 Å². The van der Waals surface area contributed by atoms with Crippen LogP contribution < -0.4 is 10.6 Å². The Morgan fingerprint density at radius 1 is 1.38 bits per heavy atom. The van der Waals surface area contributed by atoms with E-state index in [1.165, 1.54) is 17.7 Å². The van der Waals surface area contributed by atoms with Gasteiger partial charge in [-0.1, -0.05) is 0 Å². The summed E-state index contributed by atoms with van der Waals surface area (Å²) in [6, 6.07) is -0.453. The van der Waals surface area contributed by atoms with E-state index in [2.05, 4.69) is 10.6 Å². The Balaban J connectivity index is 2.13. The zero-order valence-electron chi connectivity index (χ0n) is 10.2. The number of carbonyl (C=O) groups is 2. The highest BCUT2D eigenvalue weighted by atomic mass is 16.2. The predicted octanol–water partition coefficient (Wildman–Crippen LogP) is -0.421. The minimum absolute atomic E-state index is 0.0875. The zero-order chi connectivity index (χ0) is 12.1. The molecule has 5 nitrogen and oxygen atoms in total.